The van der Waals surface area contributed by atoms with Gasteiger partial charge in [-0.05, 0) is 45.2 Å². The Morgan fingerprint density at radius 3 is 2.54 bits per heavy atom. The summed E-state index contributed by atoms with van der Waals surface area (Å²) in [5.74, 6) is -0.679. The van der Waals surface area contributed by atoms with Crippen LogP contribution >= 0.6 is 0 Å². The summed E-state index contributed by atoms with van der Waals surface area (Å²) in [6, 6.07) is 0.799. The van der Waals surface area contributed by atoms with Gasteiger partial charge in [0.15, 0.2) is 0 Å². The van der Waals surface area contributed by atoms with E-state index < -0.39 is 5.97 Å². The lowest BCUT2D eigenvalue weighted by Gasteiger charge is -2.18. The van der Waals surface area contributed by atoms with Gasteiger partial charge in [-0.25, -0.2) is 0 Å². The molecule has 74 valence electrons. The molecular formula is C10H17NO2. The Morgan fingerprint density at radius 2 is 1.92 bits per heavy atom. The number of carboxylic acids is 1. The van der Waals surface area contributed by atoms with Gasteiger partial charge in [-0.15, -0.1) is 0 Å². The lowest BCUT2D eigenvalue weighted by atomic mass is 10.0. The molecule has 0 amide bonds. The van der Waals surface area contributed by atoms with E-state index in [1.165, 1.54) is 12.8 Å². The van der Waals surface area contributed by atoms with Crippen LogP contribution in [0.5, 0.6) is 0 Å². The Balaban J connectivity index is 1.85. The van der Waals surface area contributed by atoms with Crippen LogP contribution < -0.4 is 0 Å². The van der Waals surface area contributed by atoms with Crippen molar-refractivity contribution in [1.82, 2.24) is 4.90 Å². The van der Waals surface area contributed by atoms with Gasteiger partial charge < -0.3 is 10.0 Å². The molecule has 1 aliphatic carbocycles. The molecular weight excluding hydrogens is 166 g/mol. The highest BCUT2D eigenvalue weighted by molar-refractivity contribution is 5.69. The summed E-state index contributed by atoms with van der Waals surface area (Å²) < 4.78 is 0. The molecule has 3 heteroatoms. The summed E-state index contributed by atoms with van der Waals surface area (Å²) >= 11 is 0. The van der Waals surface area contributed by atoms with Gasteiger partial charge in [-0.2, -0.15) is 0 Å². The van der Waals surface area contributed by atoms with Crippen LogP contribution in [0.15, 0.2) is 0 Å². The number of carbonyl (C=O) groups is 1. The van der Waals surface area contributed by atoms with E-state index in [1.54, 1.807) is 0 Å². The molecule has 1 aliphatic heterocycles. The molecule has 0 aromatic rings. The number of hydrogen-bond donors (Lipinski definition) is 1. The van der Waals surface area contributed by atoms with Gasteiger partial charge in [0.25, 0.3) is 0 Å². The molecule has 0 aromatic heterocycles. The molecule has 1 atom stereocenters. The smallest absolute Gasteiger partial charge is 0.306 e. The van der Waals surface area contributed by atoms with Crippen molar-refractivity contribution in [2.75, 3.05) is 13.1 Å². The van der Waals surface area contributed by atoms with E-state index in [-0.39, 0.29) is 5.92 Å². The molecule has 2 aliphatic rings. The van der Waals surface area contributed by atoms with E-state index in [0.29, 0.717) is 0 Å². The molecule has 1 saturated carbocycles. The Labute approximate surface area is 78.7 Å². The quantitative estimate of drug-likeness (QED) is 0.702. The van der Waals surface area contributed by atoms with E-state index >= 15 is 0 Å². The molecule has 0 aromatic carbocycles. The Bertz CT molecular complexity index is 201. The van der Waals surface area contributed by atoms with Crippen LogP contribution in [0.25, 0.3) is 0 Å². The highest BCUT2D eigenvalue weighted by atomic mass is 16.4. The Hall–Kier alpha value is -0.570. The summed E-state index contributed by atoms with van der Waals surface area (Å²) in [6.45, 7) is 2.12. The van der Waals surface area contributed by atoms with Gasteiger partial charge in [0.05, 0.1) is 5.92 Å². The van der Waals surface area contributed by atoms with Gasteiger partial charge in [-0.1, -0.05) is 0 Å². The van der Waals surface area contributed by atoms with Crippen LogP contribution in [0.2, 0.25) is 0 Å². The maximum absolute atomic E-state index is 10.8. The van der Waals surface area contributed by atoms with Crippen molar-refractivity contribution >= 4 is 5.97 Å². The van der Waals surface area contributed by atoms with E-state index in [0.717, 1.165) is 38.4 Å². The number of rotatable bonds is 2. The van der Waals surface area contributed by atoms with Crippen molar-refractivity contribution in [2.24, 2.45) is 5.92 Å². The van der Waals surface area contributed by atoms with Crippen molar-refractivity contribution in [1.29, 1.82) is 0 Å². The first-order chi connectivity index (χ1) is 6.27. The lowest BCUT2D eigenvalue weighted by Crippen LogP contribution is -2.27. The average molecular weight is 183 g/mol. The van der Waals surface area contributed by atoms with Crippen LogP contribution in [-0.2, 0) is 4.79 Å². The molecule has 0 spiro atoms. The number of aliphatic carboxylic acids is 1. The zero-order chi connectivity index (χ0) is 9.26. The lowest BCUT2D eigenvalue weighted by molar-refractivity contribution is -0.142. The van der Waals surface area contributed by atoms with Crippen LogP contribution in [0.3, 0.4) is 0 Å². The van der Waals surface area contributed by atoms with Gasteiger partial charge in [0, 0.05) is 6.04 Å². The van der Waals surface area contributed by atoms with Crippen molar-refractivity contribution < 1.29 is 9.90 Å². The molecule has 1 saturated heterocycles. The maximum atomic E-state index is 10.8. The first-order valence-electron chi connectivity index (χ1n) is 5.24. The predicted octanol–water partition coefficient (Wildman–Crippen LogP) is 1.34. The molecule has 13 heavy (non-hydrogen) atoms. The largest absolute Gasteiger partial charge is 0.481 e. The first kappa shape index (κ1) is 9.00. The van der Waals surface area contributed by atoms with E-state index in [1.807, 2.05) is 0 Å². The first-order valence-corrected chi connectivity index (χ1v) is 5.24. The molecule has 2 fully saturated rings. The van der Waals surface area contributed by atoms with Crippen LogP contribution in [-0.4, -0.2) is 35.1 Å². The second-order valence-corrected chi connectivity index (χ2v) is 4.23. The van der Waals surface area contributed by atoms with Crippen molar-refractivity contribution in [3.05, 3.63) is 0 Å². The highest BCUT2D eigenvalue weighted by Crippen LogP contribution is 2.30. The second kappa shape index (κ2) is 3.66. The minimum atomic E-state index is -0.599. The van der Waals surface area contributed by atoms with Crippen molar-refractivity contribution in [2.45, 2.75) is 38.1 Å². The van der Waals surface area contributed by atoms with E-state index in [9.17, 15) is 4.79 Å². The average Bonchev–Trinajstić information content (AvgIpc) is 2.91. The summed E-state index contributed by atoms with van der Waals surface area (Å²) in [7, 11) is 0. The molecule has 1 heterocycles. The molecule has 0 radical (unpaired) electrons. The SMILES string of the molecule is O=C(O)C1CCCN(C2CC2)CC1. The normalized spacial score (nSPS) is 31.2. The van der Waals surface area contributed by atoms with E-state index in [2.05, 4.69) is 4.90 Å². The summed E-state index contributed by atoms with van der Waals surface area (Å²) in [4.78, 5) is 13.3. The molecule has 1 unspecified atom stereocenters. The third kappa shape index (κ3) is 2.21. The second-order valence-electron chi connectivity index (χ2n) is 4.23. The van der Waals surface area contributed by atoms with Gasteiger partial charge in [0.1, 0.15) is 0 Å². The third-order valence-electron chi connectivity index (χ3n) is 3.18. The molecule has 1 N–H and O–H groups in total. The molecule has 2 rings (SSSR count). The van der Waals surface area contributed by atoms with Gasteiger partial charge >= 0.3 is 5.97 Å². The van der Waals surface area contributed by atoms with Crippen molar-refractivity contribution in [3.63, 3.8) is 0 Å². The Morgan fingerprint density at radius 1 is 1.15 bits per heavy atom. The van der Waals surface area contributed by atoms with E-state index in [4.69, 9.17) is 5.11 Å². The van der Waals surface area contributed by atoms with Crippen molar-refractivity contribution in [3.8, 4) is 0 Å². The van der Waals surface area contributed by atoms with Crippen LogP contribution in [0, 0.1) is 5.92 Å². The van der Waals surface area contributed by atoms with Gasteiger partial charge in [-0.3, -0.25) is 4.79 Å². The molecule has 0 bridgehead atoms. The topological polar surface area (TPSA) is 40.5 Å². The number of nitrogens with zero attached hydrogens (tertiary/aromatic N) is 1. The summed E-state index contributed by atoms with van der Waals surface area (Å²) in [5, 5.41) is 8.89. The maximum Gasteiger partial charge on any atom is 0.306 e. The summed E-state index contributed by atoms with van der Waals surface area (Å²) in [5.41, 5.74) is 0. The third-order valence-corrected chi connectivity index (χ3v) is 3.18. The molecule has 3 nitrogen and oxygen atoms in total. The number of likely N-dealkylation sites (tertiary alicyclic amines) is 1. The Kier molecular flexibility index (Phi) is 2.54. The minimum Gasteiger partial charge on any atom is -0.481 e. The summed E-state index contributed by atoms with van der Waals surface area (Å²) in [6.07, 6.45) is 5.45. The van der Waals surface area contributed by atoms with Crippen LogP contribution in [0.1, 0.15) is 32.1 Å². The fraction of sp³-hybridized carbons (Fsp3) is 0.900. The zero-order valence-corrected chi connectivity index (χ0v) is 7.91. The zero-order valence-electron chi connectivity index (χ0n) is 7.91. The van der Waals surface area contributed by atoms with Gasteiger partial charge in [0.2, 0.25) is 0 Å². The minimum absolute atomic E-state index is 0.0799. The number of carboxylic acid groups (broad SMARTS) is 1. The standard InChI is InChI=1S/C10H17NO2/c12-10(13)8-2-1-6-11(7-5-8)9-3-4-9/h8-9H,1-7H2,(H,12,13). The highest BCUT2D eigenvalue weighted by Gasteiger charge is 2.31. The van der Waals surface area contributed by atoms with Crippen LogP contribution in [0.4, 0.5) is 0 Å². The monoisotopic (exact) mass is 183 g/mol. The fourth-order valence-corrected chi connectivity index (χ4v) is 2.17. The predicted molar refractivity (Wildman–Crippen MR) is 49.6 cm³/mol. The fourth-order valence-electron chi connectivity index (χ4n) is 2.17. The number of hydrogen-bond acceptors (Lipinski definition) is 2.